The zero-order chi connectivity index (χ0) is 13.1. The van der Waals surface area contributed by atoms with Gasteiger partial charge in [0.05, 0.1) is 14.2 Å². The van der Waals surface area contributed by atoms with E-state index in [4.69, 9.17) is 4.84 Å². The lowest BCUT2D eigenvalue weighted by Gasteiger charge is -2.22. The molecule has 0 aliphatic carbocycles. The minimum absolute atomic E-state index is 0.329. The molecule has 7 nitrogen and oxygen atoms in total. The summed E-state index contributed by atoms with van der Waals surface area (Å²) in [6, 6.07) is 0. The summed E-state index contributed by atoms with van der Waals surface area (Å²) in [4.78, 5) is 32.4. The lowest BCUT2D eigenvalue weighted by molar-refractivity contribution is -0.205. The molecular weight excluding hydrogens is 248 g/mol. The van der Waals surface area contributed by atoms with Crippen LogP contribution in [-0.2, 0) is 23.9 Å². The van der Waals surface area contributed by atoms with Crippen molar-refractivity contribution in [2.24, 2.45) is 4.99 Å². The minimum atomic E-state index is -1.67. The van der Waals surface area contributed by atoms with Gasteiger partial charge in [0, 0.05) is 7.05 Å². The van der Waals surface area contributed by atoms with Crippen LogP contribution < -0.4 is 0 Å². The molecule has 1 atom stereocenters. The van der Waals surface area contributed by atoms with E-state index < -0.39 is 17.7 Å². The van der Waals surface area contributed by atoms with E-state index in [1.807, 2.05) is 0 Å². The van der Waals surface area contributed by atoms with Gasteiger partial charge in [-0.05, 0) is 6.26 Å². The van der Waals surface area contributed by atoms with Crippen LogP contribution in [0.1, 0.15) is 6.42 Å². The second-order valence-corrected chi connectivity index (χ2v) is 3.99. The molecule has 0 saturated carbocycles. The molecule has 0 N–H and O–H groups in total. The molecule has 0 saturated heterocycles. The molecule has 0 amide bonds. The second-order valence-electron chi connectivity index (χ2n) is 3.22. The number of esters is 2. The van der Waals surface area contributed by atoms with Gasteiger partial charge in [0.25, 0.3) is 5.72 Å². The van der Waals surface area contributed by atoms with Crippen LogP contribution in [-0.4, -0.2) is 55.4 Å². The van der Waals surface area contributed by atoms with Crippen molar-refractivity contribution in [2.45, 2.75) is 12.1 Å². The van der Waals surface area contributed by atoms with Gasteiger partial charge in [0.1, 0.15) is 6.42 Å². The highest BCUT2D eigenvalue weighted by Crippen LogP contribution is 2.30. The smallest absolute Gasteiger partial charge is 0.364 e. The Morgan fingerprint density at radius 3 is 2.53 bits per heavy atom. The lowest BCUT2D eigenvalue weighted by atomic mass is 10.1. The average molecular weight is 262 g/mol. The fourth-order valence-corrected chi connectivity index (χ4v) is 1.87. The van der Waals surface area contributed by atoms with Gasteiger partial charge >= 0.3 is 11.9 Å². The van der Waals surface area contributed by atoms with Crippen LogP contribution in [0.2, 0.25) is 0 Å². The molecule has 1 aliphatic rings. The highest BCUT2D eigenvalue weighted by atomic mass is 32.2. The van der Waals surface area contributed by atoms with Gasteiger partial charge < -0.3 is 9.47 Å². The second kappa shape index (κ2) is 5.37. The molecule has 0 fully saturated rings. The van der Waals surface area contributed by atoms with Gasteiger partial charge in [-0.25, -0.2) is 19.7 Å². The standard InChI is InChI=1S/C9H14N2O5S/c1-11-8(17-4)10-9(16-11,7(13)15-3)5-6(12)14-2/h5H2,1-4H3. The van der Waals surface area contributed by atoms with Crippen molar-refractivity contribution in [1.82, 2.24) is 5.06 Å². The zero-order valence-corrected chi connectivity index (χ0v) is 10.9. The Hall–Kier alpha value is -1.28. The number of hydroxylamine groups is 2. The Morgan fingerprint density at radius 1 is 1.47 bits per heavy atom. The van der Waals surface area contributed by atoms with Crippen molar-refractivity contribution < 1.29 is 23.9 Å². The third-order valence-corrected chi connectivity index (χ3v) is 2.85. The van der Waals surface area contributed by atoms with E-state index in [0.29, 0.717) is 5.17 Å². The maximum absolute atomic E-state index is 11.7. The SMILES string of the molecule is COC(=O)CC1(C(=O)OC)N=C(SC)N(C)O1. The number of aliphatic imine (C=N–C) groups is 1. The van der Waals surface area contributed by atoms with Crippen molar-refractivity contribution in [2.75, 3.05) is 27.5 Å². The normalized spacial score (nSPS) is 23.3. The third-order valence-electron chi connectivity index (χ3n) is 2.13. The maximum Gasteiger partial charge on any atom is 0.364 e. The monoisotopic (exact) mass is 262 g/mol. The number of hydrogen-bond donors (Lipinski definition) is 0. The van der Waals surface area contributed by atoms with Crippen LogP contribution in [0, 0.1) is 0 Å². The number of methoxy groups -OCH3 is 2. The highest BCUT2D eigenvalue weighted by molar-refractivity contribution is 8.13. The van der Waals surface area contributed by atoms with Gasteiger partial charge in [-0.1, -0.05) is 11.8 Å². The molecule has 1 rings (SSSR count). The van der Waals surface area contributed by atoms with Crippen LogP contribution in [0.25, 0.3) is 0 Å². The lowest BCUT2D eigenvalue weighted by Crippen LogP contribution is -2.42. The van der Waals surface area contributed by atoms with E-state index in [9.17, 15) is 9.59 Å². The van der Waals surface area contributed by atoms with Crippen molar-refractivity contribution in [3.8, 4) is 0 Å². The van der Waals surface area contributed by atoms with Gasteiger partial charge in [0.2, 0.25) is 0 Å². The summed E-state index contributed by atoms with van der Waals surface area (Å²) in [6.45, 7) is 0. The summed E-state index contributed by atoms with van der Waals surface area (Å²) in [7, 11) is 4.03. The molecule has 96 valence electrons. The van der Waals surface area contributed by atoms with Crippen LogP contribution in [0.15, 0.2) is 4.99 Å². The van der Waals surface area contributed by atoms with E-state index in [2.05, 4.69) is 14.5 Å². The van der Waals surface area contributed by atoms with Crippen LogP contribution >= 0.6 is 11.8 Å². The molecule has 1 unspecified atom stereocenters. The van der Waals surface area contributed by atoms with Crippen LogP contribution in [0.3, 0.4) is 0 Å². The minimum Gasteiger partial charge on any atom is -0.469 e. The van der Waals surface area contributed by atoms with E-state index >= 15 is 0 Å². The number of nitrogens with zero attached hydrogens (tertiary/aromatic N) is 2. The Labute approximate surface area is 103 Å². The Morgan fingerprint density at radius 2 is 2.12 bits per heavy atom. The largest absolute Gasteiger partial charge is 0.469 e. The molecule has 8 heteroatoms. The van der Waals surface area contributed by atoms with E-state index in [1.165, 1.54) is 31.0 Å². The quantitative estimate of drug-likeness (QED) is 0.663. The summed E-state index contributed by atoms with van der Waals surface area (Å²) >= 11 is 1.30. The van der Waals surface area contributed by atoms with E-state index in [1.54, 1.807) is 13.3 Å². The molecule has 0 aromatic heterocycles. The maximum atomic E-state index is 11.7. The van der Waals surface area contributed by atoms with Gasteiger partial charge in [-0.2, -0.15) is 0 Å². The highest BCUT2D eigenvalue weighted by Gasteiger charge is 2.50. The van der Waals surface area contributed by atoms with E-state index in [0.717, 1.165) is 0 Å². The van der Waals surface area contributed by atoms with Crippen molar-refractivity contribution in [3.05, 3.63) is 0 Å². The predicted octanol–water partition coefficient (Wildman–Crippen LogP) is 0.0148. The molecule has 0 aromatic carbocycles. The fourth-order valence-electron chi connectivity index (χ4n) is 1.34. The summed E-state index contributed by atoms with van der Waals surface area (Å²) in [5, 5.41) is 1.81. The average Bonchev–Trinajstić information content (AvgIpc) is 2.65. The van der Waals surface area contributed by atoms with Gasteiger partial charge in [0.15, 0.2) is 5.17 Å². The Bertz CT molecular complexity index is 359. The molecule has 0 spiro atoms. The number of carbonyl (C=O) groups is 2. The first-order valence-electron chi connectivity index (χ1n) is 4.71. The summed E-state index contributed by atoms with van der Waals surface area (Å²) in [5.41, 5.74) is -1.67. The zero-order valence-electron chi connectivity index (χ0n) is 10.1. The topological polar surface area (TPSA) is 77.4 Å². The molecule has 1 heterocycles. The van der Waals surface area contributed by atoms with Gasteiger partial charge in [-0.3, -0.25) is 4.79 Å². The molecular formula is C9H14N2O5S. The molecule has 0 radical (unpaired) electrons. The number of carbonyl (C=O) groups excluding carboxylic acids is 2. The van der Waals surface area contributed by atoms with Gasteiger partial charge in [-0.15, -0.1) is 0 Å². The third kappa shape index (κ3) is 2.70. The molecule has 0 bridgehead atoms. The molecule has 17 heavy (non-hydrogen) atoms. The summed E-state index contributed by atoms with van der Waals surface area (Å²) in [5.74, 6) is -1.34. The number of rotatable bonds is 3. The predicted molar refractivity (Wildman–Crippen MR) is 61.2 cm³/mol. The summed E-state index contributed by atoms with van der Waals surface area (Å²) in [6.07, 6.45) is 1.45. The van der Waals surface area contributed by atoms with E-state index in [-0.39, 0.29) is 6.42 Å². The number of hydrogen-bond acceptors (Lipinski definition) is 8. The first-order valence-corrected chi connectivity index (χ1v) is 5.93. The number of amidine groups is 1. The first-order chi connectivity index (χ1) is 7.99. The van der Waals surface area contributed by atoms with Crippen molar-refractivity contribution in [1.29, 1.82) is 0 Å². The first kappa shape index (κ1) is 13.8. The van der Waals surface area contributed by atoms with Crippen LogP contribution in [0.4, 0.5) is 0 Å². The summed E-state index contributed by atoms with van der Waals surface area (Å²) < 4.78 is 9.12. The Balaban J connectivity index is 3.01. The molecule has 0 aromatic rings. The Kier molecular flexibility index (Phi) is 4.35. The number of ether oxygens (including phenoxy) is 2. The van der Waals surface area contributed by atoms with Crippen LogP contribution in [0.5, 0.6) is 0 Å². The number of thioether (sulfide) groups is 1. The molecule has 1 aliphatic heterocycles. The van der Waals surface area contributed by atoms with Crippen molar-refractivity contribution in [3.63, 3.8) is 0 Å². The fraction of sp³-hybridized carbons (Fsp3) is 0.667. The van der Waals surface area contributed by atoms with Crippen molar-refractivity contribution >= 4 is 28.9 Å².